The molecule has 3 aromatic rings. The Morgan fingerprint density at radius 3 is 2.51 bits per heavy atom. The highest BCUT2D eigenvalue weighted by Crippen LogP contribution is 2.32. The first-order valence-electron chi connectivity index (χ1n) is 12.1. The molecule has 1 aliphatic heterocycles. The Balaban J connectivity index is 1.43. The fourth-order valence-electron chi connectivity index (χ4n) is 4.09. The van der Waals surface area contributed by atoms with Gasteiger partial charge in [0.1, 0.15) is 11.5 Å². The summed E-state index contributed by atoms with van der Waals surface area (Å²) in [5.74, 6) is -2.05. The average Bonchev–Trinajstić information content (AvgIpc) is 3.47. The van der Waals surface area contributed by atoms with Gasteiger partial charge in [-0.1, -0.05) is 48.0 Å². The van der Waals surface area contributed by atoms with Crippen LogP contribution in [0.3, 0.4) is 0 Å². The van der Waals surface area contributed by atoms with Crippen molar-refractivity contribution in [1.29, 1.82) is 0 Å². The van der Waals surface area contributed by atoms with E-state index in [1.54, 1.807) is 42.2 Å². The van der Waals surface area contributed by atoms with Crippen LogP contribution in [0.25, 0.3) is 6.08 Å². The molecule has 2 aromatic carbocycles. The van der Waals surface area contributed by atoms with Crippen molar-refractivity contribution in [3.8, 4) is 0 Å². The van der Waals surface area contributed by atoms with Gasteiger partial charge in [-0.2, -0.15) is 0 Å². The lowest BCUT2D eigenvalue weighted by Crippen LogP contribution is -2.34. The van der Waals surface area contributed by atoms with Crippen molar-refractivity contribution >= 4 is 47.1 Å². The molecule has 9 nitrogen and oxygen atoms in total. The van der Waals surface area contributed by atoms with E-state index in [-0.39, 0.29) is 23.6 Å². The van der Waals surface area contributed by atoms with Crippen LogP contribution in [-0.2, 0) is 36.9 Å². The van der Waals surface area contributed by atoms with E-state index in [2.05, 4.69) is 10.6 Å². The Labute approximate surface area is 230 Å². The van der Waals surface area contributed by atoms with Crippen LogP contribution >= 0.6 is 11.6 Å². The molecule has 200 valence electrons. The molecule has 10 heteroatoms. The number of halogens is 1. The number of carbonyl (C=O) groups excluding carboxylic acids is 4. The lowest BCUT2D eigenvalue weighted by molar-refractivity contribution is -0.136. The zero-order valence-corrected chi connectivity index (χ0v) is 22.1. The summed E-state index contributed by atoms with van der Waals surface area (Å²) < 4.78 is 10.7. The first kappa shape index (κ1) is 27.4. The monoisotopic (exact) mass is 547 g/mol. The molecule has 1 aliphatic rings. The summed E-state index contributed by atoms with van der Waals surface area (Å²) in [6.45, 7) is 2.02. The molecule has 1 aromatic heterocycles. The fourth-order valence-corrected chi connectivity index (χ4v) is 4.28. The van der Waals surface area contributed by atoms with E-state index in [0.717, 1.165) is 5.56 Å². The first-order chi connectivity index (χ1) is 18.8. The summed E-state index contributed by atoms with van der Waals surface area (Å²) in [6.07, 6.45) is 2.08. The van der Waals surface area contributed by atoms with Gasteiger partial charge in [0.2, 0.25) is 0 Å². The van der Waals surface area contributed by atoms with E-state index >= 15 is 0 Å². The summed E-state index contributed by atoms with van der Waals surface area (Å²) in [5, 5.41) is 5.36. The van der Waals surface area contributed by atoms with E-state index in [0.29, 0.717) is 40.9 Å². The number of hydrogen-bond donors (Lipinski definition) is 2. The summed E-state index contributed by atoms with van der Waals surface area (Å²) in [4.78, 5) is 51.8. The van der Waals surface area contributed by atoms with E-state index < -0.39 is 17.8 Å². The predicted molar refractivity (Wildman–Crippen MR) is 145 cm³/mol. The summed E-state index contributed by atoms with van der Waals surface area (Å²) in [7, 11) is 1.26. The van der Waals surface area contributed by atoms with Gasteiger partial charge < -0.3 is 24.7 Å². The van der Waals surface area contributed by atoms with Gasteiger partial charge >= 0.3 is 17.8 Å². The van der Waals surface area contributed by atoms with Crippen molar-refractivity contribution in [3.05, 3.63) is 106 Å². The van der Waals surface area contributed by atoms with Crippen LogP contribution in [0.2, 0.25) is 5.02 Å². The molecular formula is C29H26ClN3O6. The molecule has 2 heterocycles. The van der Waals surface area contributed by atoms with Gasteiger partial charge in [-0.15, -0.1) is 0 Å². The van der Waals surface area contributed by atoms with Crippen LogP contribution in [0.15, 0.2) is 88.0 Å². The molecule has 3 amide bonds. The van der Waals surface area contributed by atoms with Gasteiger partial charge in [0.05, 0.1) is 24.8 Å². The van der Waals surface area contributed by atoms with Crippen LogP contribution in [0, 0.1) is 0 Å². The minimum Gasteiger partial charge on any atom is -0.465 e. The number of hydrogen-bond acceptors (Lipinski definition) is 6. The van der Waals surface area contributed by atoms with Gasteiger partial charge in [0, 0.05) is 23.0 Å². The summed E-state index contributed by atoms with van der Waals surface area (Å²) in [5.41, 5.74) is 2.27. The largest absolute Gasteiger partial charge is 0.465 e. The van der Waals surface area contributed by atoms with Crippen LogP contribution in [0.5, 0.6) is 0 Å². The zero-order valence-electron chi connectivity index (χ0n) is 21.3. The molecule has 0 spiro atoms. The molecule has 0 unspecified atom stereocenters. The summed E-state index contributed by atoms with van der Waals surface area (Å²) in [6, 6.07) is 19.3. The number of anilines is 1. The van der Waals surface area contributed by atoms with Crippen molar-refractivity contribution in [3.63, 3.8) is 0 Å². The third kappa shape index (κ3) is 6.63. The number of nitrogens with zero attached hydrogens (tertiary/aromatic N) is 1. The Morgan fingerprint density at radius 2 is 1.79 bits per heavy atom. The van der Waals surface area contributed by atoms with Crippen molar-refractivity contribution in [2.75, 3.05) is 19.0 Å². The lowest BCUT2D eigenvalue weighted by atomic mass is 10.1. The minimum atomic E-state index is -0.863. The minimum absolute atomic E-state index is 0.0686. The van der Waals surface area contributed by atoms with Gasteiger partial charge in [-0.3, -0.25) is 14.4 Å². The van der Waals surface area contributed by atoms with Crippen molar-refractivity contribution in [1.82, 2.24) is 10.2 Å². The van der Waals surface area contributed by atoms with Crippen LogP contribution < -0.4 is 10.6 Å². The number of amides is 3. The molecule has 2 N–H and O–H groups in total. The molecule has 0 aliphatic carbocycles. The SMILES string of the molecule is COC(=O)C1=C(C)N(CCc2ccccc2)C(=O)C1=Cc1ccc(CNC(=O)C(=O)Nc2cccc(Cl)c2)o1. The summed E-state index contributed by atoms with van der Waals surface area (Å²) >= 11 is 5.89. The normalized spacial score (nSPS) is 14.1. The lowest BCUT2D eigenvalue weighted by Gasteiger charge is -2.17. The Hall–Kier alpha value is -4.63. The molecule has 0 saturated heterocycles. The van der Waals surface area contributed by atoms with E-state index in [4.69, 9.17) is 20.8 Å². The van der Waals surface area contributed by atoms with Gasteiger partial charge in [-0.05, 0) is 55.3 Å². The Bertz CT molecular complexity index is 1470. The topological polar surface area (TPSA) is 118 Å². The van der Waals surface area contributed by atoms with Crippen LogP contribution in [-0.4, -0.2) is 42.2 Å². The number of benzene rings is 2. The van der Waals surface area contributed by atoms with Gasteiger partial charge in [0.15, 0.2) is 0 Å². The van der Waals surface area contributed by atoms with E-state index in [1.165, 1.54) is 19.3 Å². The molecule has 4 rings (SSSR count). The smallest absolute Gasteiger partial charge is 0.340 e. The number of esters is 1. The molecule has 0 saturated carbocycles. The highest BCUT2D eigenvalue weighted by atomic mass is 35.5. The second kappa shape index (κ2) is 12.3. The maximum Gasteiger partial charge on any atom is 0.340 e. The molecule has 0 fully saturated rings. The highest BCUT2D eigenvalue weighted by molar-refractivity contribution is 6.39. The van der Waals surface area contributed by atoms with E-state index in [9.17, 15) is 19.2 Å². The fraction of sp³-hybridized carbons (Fsp3) is 0.172. The second-order valence-corrected chi connectivity index (χ2v) is 9.09. The molecule has 39 heavy (non-hydrogen) atoms. The number of carbonyl (C=O) groups is 4. The third-order valence-electron chi connectivity index (χ3n) is 6.05. The standard InChI is InChI=1S/C29H26ClN3O6/c1-18-25(29(37)38-2)24(28(36)33(18)14-13-19-7-4-3-5-8-19)16-22-11-12-23(39-22)17-31-26(34)27(35)32-21-10-6-9-20(30)15-21/h3-12,15-16H,13-14,17H2,1-2H3,(H,31,34)(H,32,35). The van der Waals surface area contributed by atoms with Crippen molar-refractivity contribution in [2.45, 2.75) is 19.9 Å². The third-order valence-corrected chi connectivity index (χ3v) is 6.28. The van der Waals surface area contributed by atoms with Gasteiger partial charge in [-0.25, -0.2) is 4.79 Å². The molecule has 0 bridgehead atoms. The molecule has 0 radical (unpaired) electrons. The quantitative estimate of drug-likeness (QED) is 0.249. The maximum absolute atomic E-state index is 13.3. The zero-order chi connectivity index (χ0) is 27.9. The number of rotatable bonds is 8. The highest BCUT2D eigenvalue weighted by Gasteiger charge is 2.37. The number of nitrogens with one attached hydrogen (secondary N) is 2. The predicted octanol–water partition coefficient (Wildman–Crippen LogP) is 4.10. The molecular weight excluding hydrogens is 522 g/mol. The second-order valence-electron chi connectivity index (χ2n) is 8.65. The number of methoxy groups -OCH3 is 1. The number of allylic oxidation sites excluding steroid dienone is 1. The van der Waals surface area contributed by atoms with Crippen molar-refractivity contribution in [2.24, 2.45) is 0 Å². The number of furan rings is 1. The Kier molecular flexibility index (Phi) is 8.63. The van der Waals surface area contributed by atoms with Gasteiger partial charge in [0.25, 0.3) is 5.91 Å². The maximum atomic E-state index is 13.3. The molecule has 0 atom stereocenters. The average molecular weight is 548 g/mol. The van der Waals surface area contributed by atoms with Crippen molar-refractivity contribution < 1.29 is 28.3 Å². The van der Waals surface area contributed by atoms with E-state index in [1.807, 2.05) is 30.3 Å². The van der Waals surface area contributed by atoms with Crippen LogP contribution in [0.4, 0.5) is 5.69 Å². The van der Waals surface area contributed by atoms with Crippen LogP contribution in [0.1, 0.15) is 24.0 Å². The first-order valence-corrected chi connectivity index (χ1v) is 12.4. The Morgan fingerprint density at radius 1 is 1.03 bits per heavy atom. The number of ether oxygens (including phenoxy) is 1.